The van der Waals surface area contributed by atoms with Gasteiger partial charge >= 0.3 is 18.0 Å². The van der Waals surface area contributed by atoms with Gasteiger partial charge in [0, 0.05) is 30.9 Å². The van der Waals surface area contributed by atoms with Crippen LogP contribution in [0.5, 0.6) is 0 Å². The van der Waals surface area contributed by atoms with Gasteiger partial charge in [0.2, 0.25) is 5.82 Å². The smallest absolute Gasteiger partial charge is 0.471 e. The number of carboxylic acids is 1. The van der Waals surface area contributed by atoms with Crippen LogP contribution in [0.1, 0.15) is 18.7 Å². The molecule has 0 radical (unpaired) electrons. The molecule has 2 aromatic heterocycles. The maximum absolute atomic E-state index is 12.5. The molecule has 1 aliphatic rings. The minimum Gasteiger partial charge on any atom is -0.480 e. The Kier molecular flexibility index (Phi) is 5.79. The summed E-state index contributed by atoms with van der Waals surface area (Å²) in [5.41, 5.74) is -0.348. The standard InChI is InChI=1S/C16H17F3N4O5/c17-16(18,19)15-21-13(22-28-15)9-3-6-23(11(24)8-9)5-1-2-10-12(14(25)26)20-4-7-27-10/h3,6,8,10,12,20H,1-2,4-5,7H2,(H,25,26). The largest absolute Gasteiger partial charge is 0.480 e. The molecule has 0 amide bonds. The molecule has 0 saturated carbocycles. The van der Waals surface area contributed by atoms with E-state index in [0.29, 0.717) is 32.5 Å². The average molecular weight is 402 g/mol. The van der Waals surface area contributed by atoms with Gasteiger partial charge in [-0.1, -0.05) is 5.16 Å². The molecule has 2 N–H and O–H groups in total. The van der Waals surface area contributed by atoms with Crippen LogP contribution in [0.25, 0.3) is 11.4 Å². The number of alkyl halides is 3. The second-order valence-electron chi connectivity index (χ2n) is 6.19. The van der Waals surface area contributed by atoms with Crippen LogP contribution < -0.4 is 10.9 Å². The number of pyridine rings is 1. The molecule has 2 atom stereocenters. The van der Waals surface area contributed by atoms with Gasteiger partial charge in [-0.05, 0) is 18.9 Å². The number of carbonyl (C=O) groups is 1. The van der Waals surface area contributed by atoms with Gasteiger partial charge in [0.05, 0.1) is 12.7 Å². The van der Waals surface area contributed by atoms with E-state index in [1.54, 1.807) is 0 Å². The molecule has 2 unspecified atom stereocenters. The normalized spacial score (nSPS) is 20.2. The molecule has 1 saturated heterocycles. The number of hydrogen-bond donors (Lipinski definition) is 2. The highest BCUT2D eigenvalue weighted by Crippen LogP contribution is 2.29. The van der Waals surface area contributed by atoms with Gasteiger partial charge in [0.25, 0.3) is 5.56 Å². The van der Waals surface area contributed by atoms with Gasteiger partial charge in [-0.15, -0.1) is 0 Å². The first-order chi connectivity index (χ1) is 13.3. The molecule has 28 heavy (non-hydrogen) atoms. The fourth-order valence-electron chi connectivity index (χ4n) is 2.90. The Morgan fingerprint density at radius 2 is 2.21 bits per heavy atom. The van der Waals surface area contributed by atoms with Crippen LogP contribution >= 0.6 is 0 Å². The summed E-state index contributed by atoms with van der Waals surface area (Å²) in [5, 5.41) is 15.3. The predicted octanol–water partition coefficient (Wildman–Crippen LogP) is 1.14. The number of rotatable bonds is 6. The first kappa shape index (κ1) is 20.0. The van der Waals surface area contributed by atoms with E-state index in [1.807, 2.05) is 0 Å². The number of aliphatic carboxylic acids is 1. The summed E-state index contributed by atoms with van der Waals surface area (Å²) in [4.78, 5) is 26.6. The maximum atomic E-state index is 12.5. The molecule has 12 heteroatoms. The van der Waals surface area contributed by atoms with E-state index in [2.05, 4.69) is 20.0 Å². The molecule has 0 aliphatic carbocycles. The summed E-state index contributed by atoms with van der Waals surface area (Å²) in [6.07, 6.45) is -2.94. The minimum absolute atomic E-state index is 0.103. The third-order valence-corrected chi connectivity index (χ3v) is 4.25. The Hall–Kier alpha value is -2.73. The molecule has 0 spiro atoms. The molecule has 3 heterocycles. The van der Waals surface area contributed by atoms with Crippen molar-refractivity contribution in [3.05, 3.63) is 34.6 Å². The first-order valence-corrected chi connectivity index (χ1v) is 8.45. The number of hydrogen-bond acceptors (Lipinski definition) is 7. The summed E-state index contributed by atoms with van der Waals surface area (Å²) in [5.74, 6) is -2.81. The molecule has 3 rings (SSSR count). The zero-order valence-corrected chi connectivity index (χ0v) is 14.5. The van der Waals surface area contributed by atoms with Crippen LogP contribution in [0, 0.1) is 0 Å². The Morgan fingerprint density at radius 3 is 2.86 bits per heavy atom. The van der Waals surface area contributed by atoms with Gasteiger partial charge in [-0.25, -0.2) is 0 Å². The number of carboxylic acid groups (broad SMARTS) is 1. The Bertz CT molecular complexity index is 895. The molecule has 0 bridgehead atoms. The minimum atomic E-state index is -4.76. The Balaban J connectivity index is 1.62. The highest BCUT2D eigenvalue weighted by atomic mass is 19.4. The van der Waals surface area contributed by atoms with E-state index in [4.69, 9.17) is 4.74 Å². The van der Waals surface area contributed by atoms with Crippen LogP contribution in [-0.2, 0) is 22.3 Å². The maximum Gasteiger partial charge on any atom is 0.471 e. The topological polar surface area (TPSA) is 119 Å². The van der Waals surface area contributed by atoms with Crippen LogP contribution in [0.2, 0.25) is 0 Å². The third-order valence-electron chi connectivity index (χ3n) is 4.25. The SMILES string of the molecule is O=C(O)C1NCCOC1CCCn1ccc(-c2noc(C(F)(F)F)n2)cc1=O. The van der Waals surface area contributed by atoms with Crippen molar-refractivity contribution >= 4 is 5.97 Å². The van der Waals surface area contributed by atoms with E-state index in [9.17, 15) is 27.9 Å². The molecule has 152 valence electrons. The Labute approximate surface area is 156 Å². The number of ether oxygens (including phenoxy) is 1. The van der Waals surface area contributed by atoms with Gasteiger partial charge in [0.15, 0.2) is 0 Å². The van der Waals surface area contributed by atoms with Crippen LogP contribution in [-0.4, -0.2) is 51.1 Å². The van der Waals surface area contributed by atoms with E-state index in [1.165, 1.54) is 16.8 Å². The second-order valence-corrected chi connectivity index (χ2v) is 6.19. The van der Waals surface area contributed by atoms with Gasteiger partial charge in [-0.3, -0.25) is 14.9 Å². The first-order valence-electron chi connectivity index (χ1n) is 8.45. The third kappa shape index (κ3) is 4.57. The van der Waals surface area contributed by atoms with E-state index in [-0.39, 0.29) is 11.4 Å². The van der Waals surface area contributed by atoms with Crippen molar-refractivity contribution in [1.29, 1.82) is 0 Å². The number of nitrogens with zero attached hydrogens (tertiary/aromatic N) is 3. The quantitative estimate of drug-likeness (QED) is 0.738. The lowest BCUT2D eigenvalue weighted by molar-refractivity contribution is -0.159. The number of aryl methyl sites for hydroxylation is 1. The number of aromatic nitrogens is 3. The van der Waals surface area contributed by atoms with E-state index in [0.717, 1.165) is 6.07 Å². The van der Waals surface area contributed by atoms with Gasteiger partial charge < -0.3 is 18.9 Å². The average Bonchev–Trinajstić information content (AvgIpc) is 3.14. The highest BCUT2D eigenvalue weighted by molar-refractivity contribution is 5.74. The van der Waals surface area contributed by atoms with Crippen LogP contribution in [0.4, 0.5) is 13.2 Å². The zero-order valence-electron chi connectivity index (χ0n) is 14.5. The number of morpholine rings is 1. The lowest BCUT2D eigenvalue weighted by Crippen LogP contribution is -2.52. The molecular formula is C16H17F3N4O5. The number of nitrogens with one attached hydrogen (secondary N) is 1. The molecule has 1 aliphatic heterocycles. The lowest BCUT2D eigenvalue weighted by Gasteiger charge is -2.30. The molecule has 9 nitrogen and oxygen atoms in total. The predicted molar refractivity (Wildman–Crippen MR) is 87.4 cm³/mol. The summed E-state index contributed by atoms with van der Waals surface area (Å²) < 4.78 is 48.5. The van der Waals surface area contributed by atoms with E-state index < -0.39 is 35.7 Å². The molecular weight excluding hydrogens is 385 g/mol. The zero-order chi connectivity index (χ0) is 20.3. The second kappa shape index (κ2) is 8.10. The summed E-state index contributed by atoms with van der Waals surface area (Å²) >= 11 is 0. The van der Waals surface area contributed by atoms with Crippen molar-refractivity contribution in [3.8, 4) is 11.4 Å². The van der Waals surface area contributed by atoms with Crippen molar-refractivity contribution in [2.45, 2.75) is 37.7 Å². The van der Waals surface area contributed by atoms with Crippen molar-refractivity contribution in [2.24, 2.45) is 0 Å². The monoisotopic (exact) mass is 402 g/mol. The molecule has 1 fully saturated rings. The summed E-state index contributed by atoms with van der Waals surface area (Å²) in [7, 11) is 0. The number of halogens is 3. The fourth-order valence-corrected chi connectivity index (χ4v) is 2.90. The van der Waals surface area contributed by atoms with Gasteiger partial charge in [-0.2, -0.15) is 18.2 Å². The fraction of sp³-hybridized carbons (Fsp3) is 0.500. The van der Waals surface area contributed by atoms with Crippen molar-refractivity contribution in [1.82, 2.24) is 20.0 Å². The van der Waals surface area contributed by atoms with Crippen LogP contribution in [0.15, 0.2) is 27.6 Å². The van der Waals surface area contributed by atoms with Gasteiger partial charge in [0.1, 0.15) is 6.04 Å². The summed E-state index contributed by atoms with van der Waals surface area (Å²) in [6.45, 7) is 1.17. The van der Waals surface area contributed by atoms with Crippen molar-refractivity contribution in [2.75, 3.05) is 13.2 Å². The highest BCUT2D eigenvalue weighted by Gasteiger charge is 2.38. The Morgan fingerprint density at radius 1 is 1.43 bits per heavy atom. The van der Waals surface area contributed by atoms with E-state index >= 15 is 0 Å². The van der Waals surface area contributed by atoms with Crippen molar-refractivity contribution in [3.63, 3.8) is 0 Å². The molecule has 0 aromatic carbocycles. The van der Waals surface area contributed by atoms with Crippen LogP contribution in [0.3, 0.4) is 0 Å². The van der Waals surface area contributed by atoms with Crippen molar-refractivity contribution < 1.29 is 32.3 Å². The molecule has 2 aromatic rings. The lowest BCUT2D eigenvalue weighted by atomic mass is 10.0. The summed E-state index contributed by atoms with van der Waals surface area (Å²) in [6, 6.07) is 1.73.